The number of methoxy groups -OCH3 is 1. The molecule has 0 spiro atoms. The van der Waals surface area contributed by atoms with Crippen LogP contribution in [-0.2, 0) is 6.42 Å². The lowest BCUT2D eigenvalue weighted by Gasteiger charge is -2.13. The molecule has 0 amide bonds. The summed E-state index contributed by atoms with van der Waals surface area (Å²) < 4.78 is 5.23. The first-order valence-corrected chi connectivity index (χ1v) is 6.62. The summed E-state index contributed by atoms with van der Waals surface area (Å²) >= 11 is 6.01. The van der Waals surface area contributed by atoms with Gasteiger partial charge >= 0.3 is 0 Å². The van der Waals surface area contributed by atoms with E-state index in [9.17, 15) is 0 Å². The molecule has 0 bridgehead atoms. The molecule has 1 fully saturated rings. The Balaban J connectivity index is 1.87. The van der Waals surface area contributed by atoms with E-state index in [1.807, 2.05) is 12.1 Å². The third-order valence-electron chi connectivity index (χ3n) is 3.13. The molecule has 1 aromatic rings. The minimum atomic E-state index is 0.640. The molecule has 0 heterocycles. The molecule has 2 rings (SSSR count). The highest BCUT2D eigenvalue weighted by Gasteiger charge is 2.20. The van der Waals surface area contributed by atoms with Crippen molar-refractivity contribution in [2.75, 3.05) is 13.7 Å². The molecule has 1 aromatic carbocycles. The van der Waals surface area contributed by atoms with Crippen LogP contribution in [0.3, 0.4) is 0 Å². The fourth-order valence-corrected chi connectivity index (χ4v) is 2.16. The summed E-state index contributed by atoms with van der Waals surface area (Å²) in [6, 6.07) is 6.82. The van der Waals surface area contributed by atoms with Crippen LogP contribution in [0.25, 0.3) is 0 Å². The summed E-state index contributed by atoms with van der Waals surface area (Å²) in [4.78, 5) is 0. The number of hydrogen-bond acceptors (Lipinski definition) is 2. The van der Waals surface area contributed by atoms with Gasteiger partial charge in [-0.05, 0) is 49.4 Å². The fraction of sp³-hybridized carbons (Fsp3) is 0.571. The Labute approximate surface area is 108 Å². The van der Waals surface area contributed by atoms with E-state index < -0.39 is 0 Å². The number of halogens is 1. The largest absolute Gasteiger partial charge is 0.495 e. The van der Waals surface area contributed by atoms with E-state index in [2.05, 4.69) is 18.3 Å². The van der Waals surface area contributed by atoms with Gasteiger partial charge in [-0.25, -0.2) is 0 Å². The highest BCUT2D eigenvalue weighted by Crippen LogP contribution is 2.26. The molecule has 94 valence electrons. The molecule has 17 heavy (non-hydrogen) atoms. The Bertz CT molecular complexity index is 376. The molecule has 1 aliphatic carbocycles. The van der Waals surface area contributed by atoms with Crippen LogP contribution in [0.15, 0.2) is 18.2 Å². The van der Waals surface area contributed by atoms with Crippen molar-refractivity contribution in [2.24, 2.45) is 5.92 Å². The number of nitrogens with one attached hydrogen (secondary N) is 1. The van der Waals surface area contributed by atoms with Crippen molar-refractivity contribution in [3.63, 3.8) is 0 Å². The molecule has 1 saturated carbocycles. The second-order valence-corrected chi connectivity index (χ2v) is 5.37. The van der Waals surface area contributed by atoms with E-state index >= 15 is 0 Å². The van der Waals surface area contributed by atoms with Crippen molar-refractivity contribution < 1.29 is 4.74 Å². The highest BCUT2D eigenvalue weighted by atomic mass is 35.5. The van der Waals surface area contributed by atoms with Gasteiger partial charge in [0.15, 0.2) is 0 Å². The van der Waals surface area contributed by atoms with Crippen LogP contribution in [-0.4, -0.2) is 19.7 Å². The van der Waals surface area contributed by atoms with Gasteiger partial charge in [0.05, 0.1) is 12.1 Å². The number of rotatable bonds is 6. The monoisotopic (exact) mass is 253 g/mol. The second-order valence-electron chi connectivity index (χ2n) is 4.96. The summed E-state index contributed by atoms with van der Waals surface area (Å²) in [6.45, 7) is 3.37. The zero-order chi connectivity index (χ0) is 12.3. The molecule has 1 aliphatic rings. The number of ether oxygens (including phenoxy) is 1. The average molecular weight is 254 g/mol. The van der Waals surface area contributed by atoms with Crippen LogP contribution in [0.4, 0.5) is 0 Å². The quantitative estimate of drug-likeness (QED) is 0.840. The zero-order valence-corrected chi connectivity index (χ0v) is 11.3. The predicted molar refractivity (Wildman–Crippen MR) is 71.9 cm³/mol. The normalized spacial score (nSPS) is 16.9. The summed E-state index contributed by atoms with van der Waals surface area (Å²) in [7, 11) is 1.66. The van der Waals surface area contributed by atoms with Crippen LogP contribution in [0, 0.1) is 5.92 Å². The first-order valence-electron chi connectivity index (χ1n) is 6.25. The van der Waals surface area contributed by atoms with Crippen molar-refractivity contribution in [3.05, 3.63) is 28.8 Å². The van der Waals surface area contributed by atoms with Crippen molar-refractivity contribution in [1.82, 2.24) is 5.32 Å². The summed E-state index contributed by atoms with van der Waals surface area (Å²) in [5.41, 5.74) is 1.29. The topological polar surface area (TPSA) is 21.3 Å². The van der Waals surface area contributed by atoms with E-state index in [0.29, 0.717) is 10.9 Å². The molecule has 1 N–H and O–H groups in total. The van der Waals surface area contributed by atoms with Crippen molar-refractivity contribution in [3.8, 4) is 5.75 Å². The minimum absolute atomic E-state index is 0.640. The lowest BCUT2D eigenvalue weighted by molar-refractivity contribution is 0.414. The molecular formula is C14H20ClNO. The van der Waals surface area contributed by atoms with Gasteiger partial charge < -0.3 is 10.1 Å². The van der Waals surface area contributed by atoms with Gasteiger partial charge in [0, 0.05) is 6.04 Å². The first kappa shape index (κ1) is 12.7. The Morgan fingerprint density at radius 2 is 2.24 bits per heavy atom. The van der Waals surface area contributed by atoms with Gasteiger partial charge in [-0.2, -0.15) is 0 Å². The van der Waals surface area contributed by atoms with Crippen LogP contribution in [0.2, 0.25) is 5.02 Å². The van der Waals surface area contributed by atoms with Crippen molar-refractivity contribution >= 4 is 11.6 Å². The SMILES string of the molecule is COc1cc(CC(C)CNC2CC2)ccc1Cl. The summed E-state index contributed by atoms with van der Waals surface area (Å²) in [6.07, 6.45) is 3.76. The van der Waals surface area contributed by atoms with Crippen LogP contribution >= 0.6 is 11.6 Å². The van der Waals surface area contributed by atoms with Crippen molar-refractivity contribution in [1.29, 1.82) is 0 Å². The maximum atomic E-state index is 6.01. The second kappa shape index (κ2) is 5.74. The van der Waals surface area contributed by atoms with Crippen molar-refractivity contribution in [2.45, 2.75) is 32.2 Å². The van der Waals surface area contributed by atoms with Gasteiger partial charge in [-0.15, -0.1) is 0 Å². The molecule has 1 atom stereocenters. The van der Waals surface area contributed by atoms with E-state index in [1.165, 1.54) is 18.4 Å². The molecule has 0 saturated heterocycles. The zero-order valence-electron chi connectivity index (χ0n) is 10.5. The molecule has 3 heteroatoms. The number of hydrogen-bond donors (Lipinski definition) is 1. The van der Waals surface area contributed by atoms with E-state index in [1.54, 1.807) is 7.11 Å². The third kappa shape index (κ3) is 3.90. The van der Waals surface area contributed by atoms with E-state index in [0.717, 1.165) is 24.8 Å². The first-order chi connectivity index (χ1) is 8.19. The van der Waals surface area contributed by atoms with Gasteiger partial charge in [-0.3, -0.25) is 0 Å². The maximum absolute atomic E-state index is 6.01. The third-order valence-corrected chi connectivity index (χ3v) is 3.44. The lowest BCUT2D eigenvalue weighted by atomic mass is 10.0. The number of benzene rings is 1. The smallest absolute Gasteiger partial charge is 0.137 e. The van der Waals surface area contributed by atoms with Crippen LogP contribution < -0.4 is 10.1 Å². The predicted octanol–water partition coefficient (Wildman–Crippen LogP) is 3.28. The molecule has 0 aliphatic heterocycles. The van der Waals surface area contributed by atoms with Gasteiger partial charge in [0.1, 0.15) is 5.75 Å². The van der Waals surface area contributed by atoms with Crippen LogP contribution in [0.5, 0.6) is 5.75 Å². The standard InChI is InChI=1S/C14H20ClNO/c1-10(9-16-12-4-5-12)7-11-3-6-13(15)14(8-11)17-2/h3,6,8,10,12,16H,4-5,7,9H2,1-2H3. The Hall–Kier alpha value is -0.730. The van der Waals surface area contributed by atoms with Crippen LogP contribution in [0.1, 0.15) is 25.3 Å². The summed E-state index contributed by atoms with van der Waals surface area (Å²) in [5, 5.41) is 4.24. The Morgan fingerprint density at radius 1 is 1.47 bits per heavy atom. The molecular weight excluding hydrogens is 234 g/mol. The average Bonchev–Trinajstić information content (AvgIpc) is 3.13. The van der Waals surface area contributed by atoms with E-state index in [4.69, 9.17) is 16.3 Å². The molecule has 0 aromatic heterocycles. The maximum Gasteiger partial charge on any atom is 0.137 e. The summed E-state index contributed by atoms with van der Waals surface area (Å²) in [5.74, 6) is 1.41. The van der Waals surface area contributed by atoms with E-state index in [-0.39, 0.29) is 0 Å². The molecule has 0 radical (unpaired) electrons. The van der Waals surface area contributed by atoms with Gasteiger partial charge in [-0.1, -0.05) is 24.6 Å². The fourth-order valence-electron chi connectivity index (χ4n) is 1.96. The Morgan fingerprint density at radius 3 is 2.88 bits per heavy atom. The molecule has 1 unspecified atom stereocenters. The lowest BCUT2D eigenvalue weighted by Crippen LogP contribution is -2.24. The Kier molecular flexibility index (Phi) is 4.30. The highest BCUT2D eigenvalue weighted by molar-refractivity contribution is 6.32. The molecule has 2 nitrogen and oxygen atoms in total. The van der Waals surface area contributed by atoms with Gasteiger partial charge in [0.25, 0.3) is 0 Å². The van der Waals surface area contributed by atoms with Gasteiger partial charge in [0.2, 0.25) is 0 Å². The minimum Gasteiger partial charge on any atom is -0.495 e.